The highest BCUT2D eigenvalue weighted by Gasteiger charge is 2.39. The topological polar surface area (TPSA) is 71.1 Å². The number of ether oxygens (including phenoxy) is 4. The van der Waals surface area contributed by atoms with E-state index in [0.717, 1.165) is 22.8 Å². The van der Waals surface area contributed by atoms with Gasteiger partial charge in [-0.2, -0.15) is 0 Å². The number of hydrogen-bond donors (Lipinski definition) is 0. The molecule has 0 fully saturated rings. The van der Waals surface area contributed by atoms with Gasteiger partial charge in [-0.3, -0.25) is 4.79 Å². The van der Waals surface area contributed by atoms with Gasteiger partial charge in [-0.1, -0.05) is 77.8 Å². The number of carbonyl (C=O) groups is 2. The van der Waals surface area contributed by atoms with E-state index in [2.05, 4.69) is 6.58 Å². The number of carbonyl (C=O) groups excluding carboxylic acids is 2. The van der Waals surface area contributed by atoms with E-state index in [1.807, 2.05) is 43.3 Å². The molecule has 3 atom stereocenters. The average Bonchev–Trinajstić information content (AvgIpc) is 2.97. The SMILES string of the molecule is C=CC(=O)OCC(C)OCC(C)OCC(C)OC(=O)CC(c1ccc(Cl)cc1)(c1ccc(Cl)cc1)c1ccc(Cl)cc1. The number of benzene rings is 3. The van der Waals surface area contributed by atoms with Crippen LogP contribution in [0.2, 0.25) is 15.1 Å². The number of hydrogen-bond acceptors (Lipinski definition) is 6. The second-order valence-corrected chi connectivity index (χ2v) is 11.3. The van der Waals surface area contributed by atoms with Crippen molar-refractivity contribution in [3.8, 4) is 0 Å². The van der Waals surface area contributed by atoms with Gasteiger partial charge < -0.3 is 18.9 Å². The molecule has 0 heterocycles. The molecular formula is C33H35Cl3O6. The van der Waals surface area contributed by atoms with Crippen LogP contribution in [0.25, 0.3) is 0 Å². The molecule has 0 aliphatic carbocycles. The summed E-state index contributed by atoms with van der Waals surface area (Å²) in [5, 5.41) is 1.75. The number of rotatable bonds is 15. The molecule has 0 bridgehead atoms. The second kappa shape index (κ2) is 16.1. The van der Waals surface area contributed by atoms with E-state index in [1.54, 1.807) is 50.2 Å². The van der Waals surface area contributed by atoms with Crippen molar-refractivity contribution in [1.82, 2.24) is 0 Å². The van der Waals surface area contributed by atoms with Crippen molar-refractivity contribution in [3.63, 3.8) is 0 Å². The third kappa shape index (κ3) is 9.58. The Labute approximate surface area is 262 Å². The minimum absolute atomic E-state index is 0.00183. The van der Waals surface area contributed by atoms with Crippen LogP contribution in [0.1, 0.15) is 43.9 Å². The van der Waals surface area contributed by atoms with E-state index in [0.29, 0.717) is 15.1 Å². The van der Waals surface area contributed by atoms with E-state index in [-0.39, 0.29) is 38.4 Å². The summed E-state index contributed by atoms with van der Waals surface area (Å²) in [4.78, 5) is 24.8. The summed E-state index contributed by atoms with van der Waals surface area (Å²) in [6, 6.07) is 22.2. The largest absolute Gasteiger partial charge is 0.460 e. The summed E-state index contributed by atoms with van der Waals surface area (Å²) in [5.41, 5.74) is 1.66. The van der Waals surface area contributed by atoms with Crippen LogP contribution in [0.15, 0.2) is 85.5 Å². The quantitative estimate of drug-likeness (QED) is 0.0965. The Morgan fingerprint density at radius 3 is 1.48 bits per heavy atom. The number of halogens is 3. The molecular weight excluding hydrogens is 599 g/mol. The lowest BCUT2D eigenvalue weighted by Gasteiger charge is -2.35. The molecule has 0 aliphatic rings. The van der Waals surface area contributed by atoms with Gasteiger partial charge in [0.1, 0.15) is 12.7 Å². The van der Waals surface area contributed by atoms with Gasteiger partial charge in [0.25, 0.3) is 0 Å². The lowest BCUT2D eigenvalue weighted by atomic mass is 9.67. The number of esters is 2. The highest BCUT2D eigenvalue weighted by molar-refractivity contribution is 6.31. The fourth-order valence-electron chi connectivity index (χ4n) is 4.48. The zero-order valence-electron chi connectivity index (χ0n) is 23.9. The van der Waals surface area contributed by atoms with Gasteiger partial charge in [0.15, 0.2) is 0 Å². The third-order valence-electron chi connectivity index (χ3n) is 6.61. The predicted molar refractivity (Wildman–Crippen MR) is 166 cm³/mol. The summed E-state index contributed by atoms with van der Waals surface area (Å²) in [5.74, 6) is -0.912. The summed E-state index contributed by atoms with van der Waals surface area (Å²) in [7, 11) is 0. The lowest BCUT2D eigenvalue weighted by Crippen LogP contribution is -2.35. The van der Waals surface area contributed by atoms with Gasteiger partial charge >= 0.3 is 11.9 Å². The van der Waals surface area contributed by atoms with Crippen LogP contribution in [0.3, 0.4) is 0 Å². The summed E-state index contributed by atoms with van der Waals surface area (Å²) in [6.45, 7) is 9.35. The van der Waals surface area contributed by atoms with Crippen molar-refractivity contribution in [2.75, 3.05) is 19.8 Å². The van der Waals surface area contributed by atoms with E-state index in [9.17, 15) is 9.59 Å². The van der Waals surface area contributed by atoms with Gasteiger partial charge in [0.2, 0.25) is 0 Å². The van der Waals surface area contributed by atoms with Crippen molar-refractivity contribution < 1.29 is 28.5 Å². The molecule has 224 valence electrons. The Morgan fingerprint density at radius 1 is 0.690 bits per heavy atom. The molecule has 3 rings (SSSR count). The molecule has 0 saturated heterocycles. The third-order valence-corrected chi connectivity index (χ3v) is 7.37. The van der Waals surface area contributed by atoms with Crippen LogP contribution in [-0.2, 0) is 34.0 Å². The van der Waals surface area contributed by atoms with Gasteiger partial charge in [-0.05, 0) is 73.9 Å². The molecule has 3 aromatic rings. The van der Waals surface area contributed by atoms with Crippen LogP contribution in [0, 0.1) is 0 Å². The average molecular weight is 634 g/mol. The van der Waals surface area contributed by atoms with E-state index < -0.39 is 23.5 Å². The van der Waals surface area contributed by atoms with Gasteiger partial charge in [0, 0.05) is 21.1 Å². The van der Waals surface area contributed by atoms with Crippen molar-refractivity contribution in [1.29, 1.82) is 0 Å². The first-order valence-corrected chi connectivity index (χ1v) is 14.7. The molecule has 0 spiro atoms. The zero-order chi connectivity index (χ0) is 30.7. The molecule has 42 heavy (non-hydrogen) atoms. The van der Waals surface area contributed by atoms with Gasteiger partial charge in [0.05, 0.1) is 37.3 Å². The minimum Gasteiger partial charge on any atom is -0.460 e. The maximum atomic E-state index is 13.6. The van der Waals surface area contributed by atoms with Crippen molar-refractivity contribution in [3.05, 3.63) is 117 Å². The van der Waals surface area contributed by atoms with Crippen molar-refractivity contribution >= 4 is 46.7 Å². The Kier molecular flexibility index (Phi) is 12.9. The molecule has 0 radical (unpaired) electrons. The van der Waals surface area contributed by atoms with Crippen molar-refractivity contribution in [2.45, 2.75) is 50.9 Å². The van der Waals surface area contributed by atoms with E-state index in [4.69, 9.17) is 53.8 Å². The highest BCUT2D eigenvalue weighted by atomic mass is 35.5. The van der Waals surface area contributed by atoms with Gasteiger partial charge in [-0.25, -0.2) is 4.79 Å². The Morgan fingerprint density at radius 2 is 1.07 bits per heavy atom. The Bertz CT molecular complexity index is 1200. The maximum Gasteiger partial charge on any atom is 0.330 e. The standard InChI is InChI=1S/C33H35Cl3O6/c1-5-31(37)41-20-23(3)39-19-22(2)40-21-24(4)42-32(38)18-33(25-6-12-28(34)13-7-25,26-8-14-29(35)15-9-26)27-10-16-30(36)17-11-27/h5-17,22-24H,1,18-21H2,2-4H3. The van der Waals surface area contributed by atoms with Crippen LogP contribution in [0.4, 0.5) is 0 Å². The normalized spacial score (nSPS) is 13.6. The van der Waals surface area contributed by atoms with Crippen LogP contribution in [0.5, 0.6) is 0 Å². The molecule has 0 N–H and O–H groups in total. The molecule has 0 saturated carbocycles. The Balaban J connectivity index is 1.74. The first-order chi connectivity index (χ1) is 20.0. The van der Waals surface area contributed by atoms with E-state index >= 15 is 0 Å². The van der Waals surface area contributed by atoms with E-state index in [1.165, 1.54) is 0 Å². The first kappa shape index (κ1) is 33.6. The first-order valence-electron chi connectivity index (χ1n) is 13.5. The van der Waals surface area contributed by atoms with Crippen LogP contribution >= 0.6 is 34.8 Å². The van der Waals surface area contributed by atoms with Gasteiger partial charge in [-0.15, -0.1) is 0 Å². The summed E-state index contributed by atoms with van der Waals surface area (Å²) in [6.07, 6.45) is -0.00542. The lowest BCUT2D eigenvalue weighted by molar-refractivity contribution is -0.154. The predicted octanol–water partition coefficient (Wildman–Crippen LogP) is 7.84. The monoisotopic (exact) mass is 632 g/mol. The molecule has 6 nitrogen and oxygen atoms in total. The fourth-order valence-corrected chi connectivity index (χ4v) is 4.86. The maximum absolute atomic E-state index is 13.6. The van der Waals surface area contributed by atoms with Crippen LogP contribution < -0.4 is 0 Å². The molecule has 0 aliphatic heterocycles. The second-order valence-electron chi connectivity index (χ2n) is 10.0. The summed E-state index contributed by atoms with van der Waals surface area (Å²) >= 11 is 18.7. The highest BCUT2D eigenvalue weighted by Crippen LogP contribution is 2.43. The molecule has 3 unspecified atom stereocenters. The Hall–Kier alpha value is -2.87. The molecule has 0 aromatic heterocycles. The molecule has 3 aromatic carbocycles. The molecule has 0 amide bonds. The fraction of sp³-hybridized carbons (Fsp3) is 0.333. The summed E-state index contributed by atoms with van der Waals surface area (Å²) < 4.78 is 22.4. The smallest absolute Gasteiger partial charge is 0.330 e. The van der Waals surface area contributed by atoms with Crippen molar-refractivity contribution in [2.24, 2.45) is 0 Å². The minimum atomic E-state index is -0.913. The zero-order valence-corrected chi connectivity index (χ0v) is 26.1. The molecule has 9 heteroatoms. The van der Waals surface area contributed by atoms with Crippen LogP contribution in [-0.4, -0.2) is 50.1 Å².